The number of nitrogens with zero attached hydrogens (tertiary/aromatic N) is 1. The Labute approximate surface area is 108 Å². The molecule has 1 aromatic carbocycles. The largest absolute Gasteiger partial charge is 0.507 e. The summed E-state index contributed by atoms with van der Waals surface area (Å²) in [5.41, 5.74) is 0.302. The minimum absolute atomic E-state index is 0.00185. The van der Waals surface area contributed by atoms with Crippen LogP contribution in [0.15, 0.2) is 18.2 Å². The lowest BCUT2D eigenvalue weighted by Crippen LogP contribution is -2.32. The standard InChI is InChI=1S/C14H21NO3/c1-4-8-15(9-5-2)14(17)12-10-11(18-3)6-7-13(12)16/h6-7,10,16H,4-5,8-9H2,1-3H3. The number of ether oxygens (including phenoxy) is 1. The quantitative estimate of drug-likeness (QED) is 0.845. The first-order valence-electron chi connectivity index (χ1n) is 6.30. The number of rotatable bonds is 6. The summed E-state index contributed by atoms with van der Waals surface area (Å²) in [5.74, 6) is 0.428. The van der Waals surface area contributed by atoms with Crippen molar-refractivity contribution in [3.63, 3.8) is 0 Å². The second-order valence-electron chi connectivity index (χ2n) is 4.18. The van der Waals surface area contributed by atoms with Crippen LogP contribution in [0.25, 0.3) is 0 Å². The normalized spacial score (nSPS) is 10.2. The Hall–Kier alpha value is -1.71. The molecule has 4 heteroatoms. The van der Waals surface area contributed by atoms with Gasteiger partial charge in [0, 0.05) is 13.1 Å². The average molecular weight is 251 g/mol. The third kappa shape index (κ3) is 3.39. The molecule has 1 N–H and O–H groups in total. The SMILES string of the molecule is CCCN(CCC)C(=O)c1cc(OC)ccc1O. The van der Waals surface area contributed by atoms with Crippen LogP contribution in [0.5, 0.6) is 11.5 Å². The number of benzene rings is 1. The molecule has 0 atom stereocenters. The molecular weight excluding hydrogens is 230 g/mol. The second kappa shape index (κ2) is 6.89. The highest BCUT2D eigenvalue weighted by molar-refractivity contribution is 5.97. The Kier molecular flexibility index (Phi) is 5.49. The molecule has 4 nitrogen and oxygen atoms in total. The van der Waals surface area contributed by atoms with E-state index in [9.17, 15) is 9.90 Å². The van der Waals surface area contributed by atoms with Gasteiger partial charge in [-0.2, -0.15) is 0 Å². The van der Waals surface area contributed by atoms with Crippen LogP contribution in [0.2, 0.25) is 0 Å². The zero-order valence-corrected chi connectivity index (χ0v) is 11.3. The zero-order chi connectivity index (χ0) is 13.5. The molecule has 0 saturated heterocycles. The Morgan fingerprint density at radius 1 is 1.28 bits per heavy atom. The lowest BCUT2D eigenvalue weighted by molar-refractivity contribution is 0.0752. The molecule has 0 aromatic heterocycles. The van der Waals surface area contributed by atoms with E-state index in [-0.39, 0.29) is 11.7 Å². The molecule has 0 aliphatic heterocycles. The summed E-state index contributed by atoms with van der Waals surface area (Å²) >= 11 is 0. The van der Waals surface area contributed by atoms with Gasteiger partial charge >= 0.3 is 0 Å². The molecular formula is C14H21NO3. The summed E-state index contributed by atoms with van der Waals surface area (Å²) in [6.07, 6.45) is 1.80. The van der Waals surface area contributed by atoms with Crippen molar-refractivity contribution < 1.29 is 14.6 Å². The van der Waals surface area contributed by atoms with Gasteiger partial charge in [-0.05, 0) is 31.0 Å². The van der Waals surface area contributed by atoms with Crippen LogP contribution in [-0.4, -0.2) is 36.1 Å². The molecule has 0 heterocycles. The fourth-order valence-corrected chi connectivity index (χ4v) is 1.84. The number of carbonyl (C=O) groups excluding carboxylic acids is 1. The van der Waals surface area contributed by atoms with Gasteiger partial charge < -0.3 is 14.7 Å². The van der Waals surface area contributed by atoms with Gasteiger partial charge in [0.05, 0.1) is 12.7 Å². The van der Waals surface area contributed by atoms with Crippen molar-refractivity contribution in [3.8, 4) is 11.5 Å². The van der Waals surface area contributed by atoms with Crippen molar-refractivity contribution in [1.29, 1.82) is 0 Å². The molecule has 0 aliphatic rings. The minimum Gasteiger partial charge on any atom is -0.507 e. The second-order valence-corrected chi connectivity index (χ2v) is 4.18. The van der Waals surface area contributed by atoms with E-state index < -0.39 is 0 Å². The smallest absolute Gasteiger partial charge is 0.257 e. The lowest BCUT2D eigenvalue weighted by Gasteiger charge is -2.22. The third-order valence-corrected chi connectivity index (χ3v) is 2.71. The van der Waals surface area contributed by atoms with Gasteiger partial charge in [0.1, 0.15) is 11.5 Å². The number of hydrogen-bond acceptors (Lipinski definition) is 3. The Balaban J connectivity index is 2.99. The maximum atomic E-state index is 12.3. The maximum absolute atomic E-state index is 12.3. The average Bonchev–Trinajstić information content (AvgIpc) is 2.38. The molecule has 0 bridgehead atoms. The minimum atomic E-state index is -0.143. The van der Waals surface area contributed by atoms with E-state index in [2.05, 4.69) is 0 Å². The summed E-state index contributed by atoms with van der Waals surface area (Å²) in [4.78, 5) is 14.1. The van der Waals surface area contributed by atoms with Crippen molar-refractivity contribution in [3.05, 3.63) is 23.8 Å². The first kappa shape index (κ1) is 14.4. The number of amides is 1. The highest BCUT2D eigenvalue weighted by atomic mass is 16.5. The molecule has 18 heavy (non-hydrogen) atoms. The van der Waals surface area contributed by atoms with Crippen molar-refractivity contribution in [2.24, 2.45) is 0 Å². The first-order valence-corrected chi connectivity index (χ1v) is 6.30. The van der Waals surface area contributed by atoms with Gasteiger partial charge in [-0.25, -0.2) is 0 Å². The zero-order valence-electron chi connectivity index (χ0n) is 11.3. The van der Waals surface area contributed by atoms with Crippen LogP contribution in [-0.2, 0) is 0 Å². The van der Waals surface area contributed by atoms with E-state index in [0.717, 1.165) is 12.8 Å². The van der Waals surface area contributed by atoms with Crippen LogP contribution in [0.3, 0.4) is 0 Å². The third-order valence-electron chi connectivity index (χ3n) is 2.71. The molecule has 0 aliphatic carbocycles. The van der Waals surface area contributed by atoms with Gasteiger partial charge in [-0.1, -0.05) is 13.8 Å². The number of phenolic OH excluding ortho intramolecular Hbond substituents is 1. The molecule has 1 amide bonds. The van der Waals surface area contributed by atoms with E-state index in [1.165, 1.54) is 13.2 Å². The highest BCUT2D eigenvalue weighted by Gasteiger charge is 2.18. The molecule has 0 saturated carbocycles. The Bertz CT molecular complexity index is 398. The summed E-state index contributed by atoms with van der Waals surface area (Å²) in [7, 11) is 1.54. The van der Waals surface area contributed by atoms with Gasteiger partial charge in [-0.3, -0.25) is 4.79 Å². The molecule has 1 rings (SSSR count). The fourth-order valence-electron chi connectivity index (χ4n) is 1.84. The number of methoxy groups -OCH3 is 1. The fraction of sp³-hybridized carbons (Fsp3) is 0.500. The van der Waals surface area contributed by atoms with Crippen molar-refractivity contribution in [2.75, 3.05) is 20.2 Å². The monoisotopic (exact) mass is 251 g/mol. The van der Waals surface area contributed by atoms with Crippen LogP contribution >= 0.6 is 0 Å². The van der Waals surface area contributed by atoms with Gasteiger partial charge in [0.15, 0.2) is 0 Å². The van der Waals surface area contributed by atoms with E-state index in [4.69, 9.17) is 4.74 Å². The lowest BCUT2D eigenvalue weighted by atomic mass is 10.1. The number of hydrogen-bond donors (Lipinski definition) is 1. The molecule has 1 aromatic rings. The van der Waals surface area contributed by atoms with Crippen molar-refractivity contribution >= 4 is 5.91 Å². The van der Waals surface area contributed by atoms with Gasteiger partial charge in [0.25, 0.3) is 5.91 Å². The van der Waals surface area contributed by atoms with Crippen molar-refractivity contribution in [1.82, 2.24) is 4.90 Å². The number of aromatic hydroxyl groups is 1. The summed E-state index contributed by atoms with van der Waals surface area (Å²) in [6, 6.07) is 4.70. The molecule has 0 fully saturated rings. The number of carbonyl (C=O) groups is 1. The van der Waals surface area contributed by atoms with E-state index in [1.807, 2.05) is 13.8 Å². The van der Waals surface area contributed by atoms with Crippen LogP contribution in [0, 0.1) is 0 Å². The van der Waals surface area contributed by atoms with E-state index in [0.29, 0.717) is 24.4 Å². The topological polar surface area (TPSA) is 49.8 Å². The van der Waals surface area contributed by atoms with Crippen LogP contribution in [0.4, 0.5) is 0 Å². The Morgan fingerprint density at radius 2 is 1.89 bits per heavy atom. The van der Waals surface area contributed by atoms with Crippen LogP contribution in [0.1, 0.15) is 37.0 Å². The number of phenols is 1. The van der Waals surface area contributed by atoms with Crippen LogP contribution < -0.4 is 4.74 Å². The van der Waals surface area contributed by atoms with Gasteiger partial charge in [0.2, 0.25) is 0 Å². The molecule has 100 valence electrons. The maximum Gasteiger partial charge on any atom is 0.257 e. The molecule has 0 radical (unpaired) electrons. The van der Waals surface area contributed by atoms with Gasteiger partial charge in [-0.15, -0.1) is 0 Å². The van der Waals surface area contributed by atoms with E-state index in [1.54, 1.807) is 17.0 Å². The Morgan fingerprint density at radius 3 is 2.39 bits per heavy atom. The molecule has 0 spiro atoms. The predicted octanol–water partition coefficient (Wildman–Crippen LogP) is 2.66. The molecule has 0 unspecified atom stereocenters. The summed E-state index contributed by atoms with van der Waals surface area (Å²) in [6.45, 7) is 5.45. The summed E-state index contributed by atoms with van der Waals surface area (Å²) < 4.78 is 5.08. The summed E-state index contributed by atoms with van der Waals surface area (Å²) in [5, 5.41) is 9.78. The van der Waals surface area contributed by atoms with Crippen molar-refractivity contribution in [2.45, 2.75) is 26.7 Å². The first-order chi connectivity index (χ1) is 8.63. The van der Waals surface area contributed by atoms with E-state index >= 15 is 0 Å². The highest BCUT2D eigenvalue weighted by Crippen LogP contribution is 2.24. The predicted molar refractivity (Wildman–Crippen MR) is 71.1 cm³/mol.